The van der Waals surface area contributed by atoms with Crippen molar-refractivity contribution in [3.63, 3.8) is 0 Å². The van der Waals surface area contributed by atoms with Gasteiger partial charge in [-0.1, -0.05) is 68.5 Å². The predicted octanol–water partition coefficient (Wildman–Crippen LogP) is 4.83. The van der Waals surface area contributed by atoms with Crippen LogP contribution < -0.4 is 10.1 Å². The van der Waals surface area contributed by atoms with Gasteiger partial charge in [-0.25, -0.2) is 0 Å². The SMILES string of the molecule is CC(C)(C)c1ccc(-c2nc3s/c(=C\c4ccc(-c5ccccc5[N+](=O)[O-])o4)c(=O)n3n2)cc1. The zero-order valence-electron chi connectivity index (χ0n) is 18.7. The van der Waals surface area contributed by atoms with Crippen molar-refractivity contribution in [2.24, 2.45) is 0 Å². The smallest absolute Gasteiger partial charge is 0.291 e. The van der Waals surface area contributed by atoms with Gasteiger partial charge >= 0.3 is 0 Å². The molecule has 0 bridgehead atoms. The molecule has 0 radical (unpaired) electrons. The number of aromatic nitrogens is 3. The molecule has 5 rings (SSSR count). The Morgan fingerprint density at radius 3 is 2.47 bits per heavy atom. The quantitative estimate of drug-likeness (QED) is 0.274. The Bertz CT molecular complexity index is 1640. The Kier molecular flexibility index (Phi) is 5.13. The van der Waals surface area contributed by atoms with Crippen molar-refractivity contribution in [1.82, 2.24) is 14.6 Å². The molecule has 0 fully saturated rings. The fraction of sp³-hybridized carbons (Fsp3) is 0.160. The molecule has 170 valence electrons. The average molecular weight is 473 g/mol. The second-order valence-corrected chi connectivity index (χ2v) is 9.86. The topological polar surface area (TPSA) is 104 Å². The summed E-state index contributed by atoms with van der Waals surface area (Å²) in [5.41, 5.74) is 2.12. The van der Waals surface area contributed by atoms with Crippen LogP contribution in [-0.4, -0.2) is 19.5 Å². The van der Waals surface area contributed by atoms with E-state index in [1.54, 1.807) is 36.4 Å². The molecule has 0 amide bonds. The normalized spacial score (nSPS) is 12.5. The van der Waals surface area contributed by atoms with E-state index in [1.807, 2.05) is 24.3 Å². The summed E-state index contributed by atoms with van der Waals surface area (Å²) < 4.78 is 7.48. The first-order valence-corrected chi connectivity index (χ1v) is 11.4. The molecule has 0 atom stereocenters. The molecule has 0 saturated heterocycles. The van der Waals surface area contributed by atoms with Crippen molar-refractivity contribution in [3.8, 4) is 22.7 Å². The van der Waals surface area contributed by atoms with Gasteiger partial charge in [-0.15, -0.1) is 5.10 Å². The number of rotatable bonds is 4. The number of nitrogens with zero attached hydrogens (tertiary/aromatic N) is 4. The molecule has 34 heavy (non-hydrogen) atoms. The van der Waals surface area contributed by atoms with Crippen LogP contribution in [0.3, 0.4) is 0 Å². The van der Waals surface area contributed by atoms with Crippen molar-refractivity contribution < 1.29 is 9.34 Å². The van der Waals surface area contributed by atoms with Gasteiger partial charge in [0.25, 0.3) is 11.2 Å². The minimum absolute atomic E-state index is 0.0462. The molecule has 0 saturated carbocycles. The molecule has 5 aromatic rings. The zero-order valence-corrected chi connectivity index (χ0v) is 19.5. The third-order valence-corrected chi connectivity index (χ3v) is 6.42. The molecular weight excluding hydrogens is 452 g/mol. The van der Waals surface area contributed by atoms with Crippen LogP contribution in [0, 0.1) is 10.1 Å². The summed E-state index contributed by atoms with van der Waals surface area (Å²) in [4.78, 5) is 28.7. The summed E-state index contributed by atoms with van der Waals surface area (Å²) in [5, 5.41) is 15.7. The second-order valence-electron chi connectivity index (χ2n) is 8.85. The molecule has 0 spiro atoms. The van der Waals surface area contributed by atoms with Gasteiger partial charge < -0.3 is 4.42 Å². The van der Waals surface area contributed by atoms with Crippen molar-refractivity contribution in [3.05, 3.63) is 97.0 Å². The summed E-state index contributed by atoms with van der Waals surface area (Å²) in [6.45, 7) is 6.45. The van der Waals surface area contributed by atoms with Gasteiger partial charge in [0.15, 0.2) is 5.82 Å². The van der Waals surface area contributed by atoms with E-state index in [-0.39, 0.29) is 16.7 Å². The Hall–Kier alpha value is -4.11. The monoisotopic (exact) mass is 472 g/mol. The Labute approximate surface area is 198 Å². The van der Waals surface area contributed by atoms with E-state index in [1.165, 1.54) is 27.5 Å². The van der Waals surface area contributed by atoms with Crippen LogP contribution in [0.2, 0.25) is 0 Å². The summed E-state index contributed by atoms with van der Waals surface area (Å²) in [5.74, 6) is 1.26. The second kappa shape index (κ2) is 8.03. The summed E-state index contributed by atoms with van der Waals surface area (Å²) >= 11 is 1.21. The van der Waals surface area contributed by atoms with Crippen LogP contribution in [0.25, 0.3) is 33.7 Å². The van der Waals surface area contributed by atoms with E-state index in [0.29, 0.717) is 32.4 Å². The highest BCUT2D eigenvalue weighted by Gasteiger charge is 2.18. The van der Waals surface area contributed by atoms with E-state index in [9.17, 15) is 14.9 Å². The number of hydrogen-bond donors (Lipinski definition) is 0. The fourth-order valence-electron chi connectivity index (χ4n) is 3.62. The lowest BCUT2D eigenvalue weighted by Gasteiger charge is -2.18. The number of nitro benzene ring substituents is 1. The van der Waals surface area contributed by atoms with Crippen LogP contribution >= 0.6 is 11.3 Å². The highest BCUT2D eigenvalue weighted by molar-refractivity contribution is 7.15. The van der Waals surface area contributed by atoms with Gasteiger partial charge in [0.1, 0.15) is 16.1 Å². The third kappa shape index (κ3) is 3.90. The van der Waals surface area contributed by atoms with Crippen LogP contribution in [-0.2, 0) is 5.41 Å². The van der Waals surface area contributed by atoms with Gasteiger partial charge in [0.2, 0.25) is 4.96 Å². The summed E-state index contributed by atoms with van der Waals surface area (Å²) in [7, 11) is 0. The lowest BCUT2D eigenvalue weighted by Crippen LogP contribution is -2.23. The number of fused-ring (bicyclic) bond motifs is 1. The number of furan rings is 1. The van der Waals surface area contributed by atoms with Gasteiger partial charge in [-0.05, 0) is 29.2 Å². The van der Waals surface area contributed by atoms with Crippen LogP contribution in [0.4, 0.5) is 5.69 Å². The van der Waals surface area contributed by atoms with Crippen molar-refractivity contribution in [2.75, 3.05) is 0 Å². The average Bonchev–Trinajstić information content (AvgIpc) is 3.51. The molecule has 8 nitrogen and oxygen atoms in total. The highest BCUT2D eigenvalue weighted by atomic mass is 32.1. The maximum atomic E-state index is 12.9. The number of para-hydroxylation sites is 1. The first-order chi connectivity index (χ1) is 16.2. The standard InChI is InChI=1S/C25H20N4O4S/c1-25(2,3)16-10-8-15(9-11-16)22-26-24-28(27-22)23(30)21(34-24)14-17-12-13-20(33-17)18-6-4-5-7-19(18)29(31)32/h4-14H,1-3H3/b21-14-. The number of thiazole rings is 1. The number of nitro groups is 1. The van der Waals surface area contributed by atoms with Gasteiger partial charge in [0.05, 0.1) is 10.5 Å². The minimum Gasteiger partial charge on any atom is -0.456 e. The molecule has 0 unspecified atom stereocenters. The van der Waals surface area contributed by atoms with E-state index in [2.05, 4.69) is 30.9 Å². The van der Waals surface area contributed by atoms with E-state index in [0.717, 1.165) is 5.56 Å². The lowest BCUT2D eigenvalue weighted by molar-refractivity contribution is -0.384. The molecule has 0 aliphatic rings. The summed E-state index contributed by atoms with van der Waals surface area (Å²) in [6.07, 6.45) is 1.60. The lowest BCUT2D eigenvalue weighted by atomic mass is 9.87. The molecule has 0 aliphatic carbocycles. The van der Waals surface area contributed by atoms with E-state index >= 15 is 0 Å². The zero-order chi connectivity index (χ0) is 24.0. The highest BCUT2D eigenvalue weighted by Crippen LogP contribution is 2.31. The number of benzene rings is 2. The third-order valence-electron chi connectivity index (χ3n) is 5.46. The summed E-state index contributed by atoms with van der Waals surface area (Å²) in [6, 6.07) is 17.7. The maximum Gasteiger partial charge on any atom is 0.291 e. The van der Waals surface area contributed by atoms with E-state index in [4.69, 9.17) is 4.42 Å². The van der Waals surface area contributed by atoms with E-state index < -0.39 is 4.92 Å². The van der Waals surface area contributed by atoms with Gasteiger partial charge in [-0.2, -0.15) is 9.50 Å². The van der Waals surface area contributed by atoms with Gasteiger partial charge in [-0.3, -0.25) is 14.9 Å². The maximum absolute atomic E-state index is 12.9. The molecule has 0 aliphatic heterocycles. The van der Waals surface area contributed by atoms with Gasteiger partial charge in [0, 0.05) is 17.7 Å². The molecule has 2 aromatic carbocycles. The Morgan fingerprint density at radius 2 is 1.79 bits per heavy atom. The first-order valence-electron chi connectivity index (χ1n) is 10.6. The Morgan fingerprint density at radius 1 is 1.06 bits per heavy atom. The van der Waals surface area contributed by atoms with Crippen LogP contribution in [0.15, 0.2) is 69.9 Å². The first kappa shape index (κ1) is 21.7. The van der Waals surface area contributed by atoms with Crippen molar-refractivity contribution in [1.29, 1.82) is 0 Å². The molecule has 9 heteroatoms. The van der Waals surface area contributed by atoms with Crippen molar-refractivity contribution >= 4 is 28.1 Å². The molecule has 0 N–H and O–H groups in total. The molecular formula is C25H20N4O4S. The van der Waals surface area contributed by atoms with Crippen LogP contribution in [0.1, 0.15) is 32.1 Å². The number of hydrogen-bond acceptors (Lipinski definition) is 7. The van der Waals surface area contributed by atoms with Crippen molar-refractivity contribution in [2.45, 2.75) is 26.2 Å². The largest absolute Gasteiger partial charge is 0.456 e. The van der Waals surface area contributed by atoms with Crippen LogP contribution in [0.5, 0.6) is 0 Å². The molecule has 3 heterocycles. The molecule has 3 aromatic heterocycles. The minimum atomic E-state index is -0.453. The predicted molar refractivity (Wildman–Crippen MR) is 131 cm³/mol. The fourth-order valence-corrected chi connectivity index (χ4v) is 4.51. The Balaban J connectivity index is 1.48.